The maximum absolute atomic E-state index is 14.8. The molecule has 2 amide bonds. The van der Waals surface area contributed by atoms with Crippen molar-refractivity contribution < 1.29 is 14.0 Å². The molecule has 0 bridgehead atoms. The molecule has 0 spiro atoms. The summed E-state index contributed by atoms with van der Waals surface area (Å²) < 4.78 is 14.8. The summed E-state index contributed by atoms with van der Waals surface area (Å²) in [7, 11) is 0. The molecule has 0 aliphatic heterocycles. The van der Waals surface area contributed by atoms with Crippen LogP contribution in [-0.4, -0.2) is 28.3 Å². The van der Waals surface area contributed by atoms with E-state index in [0.29, 0.717) is 35.0 Å². The van der Waals surface area contributed by atoms with Crippen LogP contribution in [0.4, 0.5) is 15.8 Å². The Balaban J connectivity index is 1.50. The Morgan fingerprint density at radius 3 is 2.60 bits per heavy atom. The van der Waals surface area contributed by atoms with E-state index in [2.05, 4.69) is 15.3 Å². The van der Waals surface area contributed by atoms with Crippen molar-refractivity contribution in [2.75, 3.05) is 16.8 Å². The molecule has 1 aliphatic carbocycles. The second-order valence-electron chi connectivity index (χ2n) is 7.37. The highest BCUT2D eigenvalue weighted by molar-refractivity contribution is 6.04. The lowest BCUT2D eigenvalue weighted by atomic mass is 10.1. The lowest BCUT2D eigenvalue weighted by Gasteiger charge is -2.22. The summed E-state index contributed by atoms with van der Waals surface area (Å²) in [4.78, 5) is 34.0. The second-order valence-corrected chi connectivity index (χ2v) is 7.37. The van der Waals surface area contributed by atoms with Gasteiger partial charge in [0.2, 0.25) is 5.91 Å². The van der Waals surface area contributed by atoms with Crippen molar-refractivity contribution in [1.29, 1.82) is 0 Å². The van der Waals surface area contributed by atoms with Crippen LogP contribution in [-0.2, 0) is 4.79 Å². The van der Waals surface area contributed by atoms with Gasteiger partial charge < -0.3 is 10.2 Å². The summed E-state index contributed by atoms with van der Waals surface area (Å²) in [6, 6.07) is 11.5. The maximum Gasteiger partial charge on any atom is 0.257 e. The Hall–Kier alpha value is -3.61. The van der Waals surface area contributed by atoms with Crippen LogP contribution in [0.5, 0.6) is 0 Å². The van der Waals surface area contributed by atoms with Crippen molar-refractivity contribution in [1.82, 2.24) is 9.97 Å². The Bertz CT molecular complexity index is 1070. The van der Waals surface area contributed by atoms with Gasteiger partial charge in [-0.15, -0.1) is 0 Å². The molecule has 7 heteroatoms. The normalized spacial score (nSPS) is 13.0. The number of nitrogens with zero attached hydrogens (tertiary/aromatic N) is 3. The number of hydrogen-bond acceptors (Lipinski definition) is 4. The van der Waals surface area contributed by atoms with Crippen LogP contribution in [0.25, 0.3) is 11.3 Å². The third-order valence-electron chi connectivity index (χ3n) is 5.00. The molecule has 1 N–H and O–H groups in total. The zero-order valence-electron chi connectivity index (χ0n) is 16.5. The minimum Gasteiger partial charge on any atom is -0.321 e. The first-order valence-corrected chi connectivity index (χ1v) is 9.77. The van der Waals surface area contributed by atoms with E-state index in [1.165, 1.54) is 24.1 Å². The van der Waals surface area contributed by atoms with Gasteiger partial charge >= 0.3 is 0 Å². The van der Waals surface area contributed by atoms with Gasteiger partial charge in [-0.25, -0.2) is 4.39 Å². The van der Waals surface area contributed by atoms with E-state index in [-0.39, 0.29) is 17.5 Å². The van der Waals surface area contributed by atoms with Crippen molar-refractivity contribution in [2.45, 2.75) is 19.8 Å². The predicted octanol–water partition coefficient (Wildman–Crippen LogP) is 4.30. The smallest absolute Gasteiger partial charge is 0.257 e. The van der Waals surface area contributed by atoms with Crippen LogP contribution < -0.4 is 10.2 Å². The van der Waals surface area contributed by atoms with Gasteiger partial charge in [0.05, 0.1) is 28.8 Å². The predicted molar refractivity (Wildman–Crippen MR) is 113 cm³/mol. The van der Waals surface area contributed by atoms with Gasteiger partial charge in [0.15, 0.2) is 0 Å². The van der Waals surface area contributed by atoms with Crippen LogP contribution in [0.3, 0.4) is 0 Å². The van der Waals surface area contributed by atoms with Crippen molar-refractivity contribution in [3.05, 3.63) is 72.4 Å². The molecular weight excluding hydrogens is 383 g/mol. The average Bonchev–Trinajstić information content (AvgIpc) is 3.57. The number of amides is 2. The summed E-state index contributed by atoms with van der Waals surface area (Å²) in [6.07, 6.45) is 6.78. The Morgan fingerprint density at radius 2 is 2.00 bits per heavy atom. The van der Waals surface area contributed by atoms with E-state index < -0.39 is 5.82 Å². The van der Waals surface area contributed by atoms with E-state index in [4.69, 9.17) is 0 Å². The molecule has 1 fully saturated rings. The molecule has 1 saturated carbocycles. The summed E-state index contributed by atoms with van der Waals surface area (Å²) >= 11 is 0. The molecule has 2 heterocycles. The summed E-state index contributed by atoms with van der Waals surface area (Å²) in [6.45, 7) is 2.00. The molecule has 0 saturated heterocycles. The molecule has 0 unspecified atom stereocenters. The van der Waals surface area contributed by atoms with Crippen LogP contribution in [0, 0.1) is 11.7 Å². The quantitative estimate of drug-likeness (QED) is 0.665. The van der Waals surface area contributed by atoms with E-state index in [9.17, 15) is 14.0 Å². The Morgan fingerprint density at radius 1 is 1.17 bits per heavy atom. The van der Waals surface area contributed by atoms with Gasteiger partial charge in [-0.3, -0.25) is 19.6 Å². The highest BCUT2D eigenvalue weighted by atomic mass is 19.1. The van der Waals surface area contributed by atoms with E-state index in [1.54, 1.807) is 48.8 Å². The minimum atomic E-state index is -0.469. The minimum absolute atomic E-state index is 0.171. The summed E-state index contributed by atoms with van der Waals surface area (Å²) in [5.74, 6) is -0.486. The van der Waals surface area contributed by atoms with Crippen molar-refractivity contribution in [2.24, 2.45) is 5.92 Å². The van der Waals surface area contributed by atoms with E-state index >= 15 is 0 Å². The number of carbonyl (C=O) groups is 2. The number of aromatic nitrogens is 2. The Kier molecular flexibility index (Phi) is 5.52. The number of carbonyl (C=O) groups excluding carboxylic acids is 2. The maximum atomic E-state index is 14.8. The molecule has 30 heavy (non-hydrogen) atoms. The van der Waals surface area contributed by atoms with Gasteiger partial charge in [-0.2, -0.15) is 0 Å². The van der Waals surface area contributed by atoms with Crippen LogP contribution in [0.1, 0.15) is 30.1 Å². The zero-order valence-corrected chi connectivity index (χ0v) is 16.5. The Labute approximate surface area is 173 Å². The van der Waals surface area contributed by atoms with Crippen molar-refractivity contribution in [3.8, 4) is 11.3 Å². The molecule has 0 atom stereocenters. The highest BCUT2D eigenvalue weighted by Gasteiger charge is 2.27. The first-order valence-electron chi connectivity index (χ1n) is 9.77. The molecule has 1 aliphatic rings. The number of nitrogens with one attached hydrogen (secondary N) is 1. The van der Waals surface area contributed by atoms with Gasteiger partial charge in [0.1, 0.15) is 5.82 Å². The number of benzene rings is 1. The molecule has 2 aromatic heterocycles. The SMILES string of the molecule is CC(=O)N(CC1CC1)c1ccc(-c2ccc(C(=O)Nc3cccnc3)cn2)cc1F. The standard InChI is InChI=1S/C23H21FN4O2/c1-15(29)28(14-16-4-5-16)22-9-7-17(11-20(22)24)21-8-6-18(12-26-21)23(30)27-19-3-2-10-25-13-19/h2-3,6-13,16H,4-5,14H2,1H3,(H,27,30). The molecule has 1 aromatic carbocycles. The average molecular weight is 404 g/mol. The van der Waals surface area contributed by atoms with E-state index in [0.717, 1.165) is 12.8 Å². The summed E-state index contributed by atoms with van der Waals surface area (Å²) in [5, 5.41) is 2.74. The fourth-order valence-electron chi connectivity index (χ4n) is 3.18. The topological polar surface area (TPSA) is 75.2 Å². The molecule has 3 aromatic rings. The number of hydrogen-bond donors (Lipinski definition) is 1. The van der Waals surface area contributed by atoms with Gasteiger partial charge in [0, 0.05) is 31.4 Å². The molecule has 4 rings (SSSR count). The number of halogens is 1. The first kappa shape index (κ1) is 19.7. The molecule has 6 nitrogen and oxygen atoms in total. The zero-order chi connectivity index (χ0) is 21.1. The second kappa shape index (κ2) is 8.41. The fraction of sp³-hybridized carbons (Fsp3) is 0.217. The number of anilines is 2. The van der Waals surface area contributed by atoms with Gasteiger partial charge in [0.25, 0.3) is 5.91 Å². The summed E-state index contributed by atoms with van der Waals surface area (Å²) in [5.41, 5.74) is 2.36. The third kappa shape index (κ3) is 4.51. The van der Waals surface area contributed by atoms with Crippen molar-refractivity contribution in [3.63, 3.8) is 0 Å². The third-order valence-corrected chi connectivity index (χ3v) is 5.00. The molecular formula is C23H21FN4O2. The van der Waals surface area contributed by atoms with Gasteiger partial charge in [-0.1, -0.05) is 6.07 Å². The van der Waals surface area contributed by atoms with Crippen LogP contribution >= 0.6 is 0 Å². The van der Waals surface area contributed by atoms with Gasteiger partial charge in [-0.05, 0) is 55.2 Å². The monoisotopic (exact) mass is 404 g/mol. The molecule has 152 valence electrons. The highest BCUT2D eigenvalue weighted by Crippen LogP contribution is 2.33. The van der Waals surface area contributed by atoms with E-state index in [1.807, 2.05) is 0 Å². The number of pyridine rings is 2. The lowest BCUT2D eigenvalue weighted by molar-refractivity contribution is -0.116. The fourth-order valence-corrected chi connectivity index (χ4v) is 3.18. The largest absolute Gasteiger partial charge is 0.321 e. The lowest BCUT2D eigenvalue weighted by Crippen LogP contribution is -2.31. The molecule has 0 radical (unpaired) electrons. The van der Waals surface area contributed by atoms with Crippen LogP contribution in [0.15, 0.2) is 61.1 Å². The first-order chi connectivity index (χ1) is 14.5. The van der Waals surface area contributed by atoms with Crippen molar-refractivity contribution >= 4 is 23.2 Å². The number of rotatable bonds is 6. The van der Waals surface area contributed by atoms with Crippen LogP contribution in [0.2, 0.25) is 0 Å².